The Morgan fingerprint density at radius 2 is 2.05 bits per heavy atom. The van der Waals surface area contributed by atoms with Gasteiger partial charge in [-0.1, -0.05) is 23.2 Å². The molecule has 0 atom stereocenters. The van der Waals surface area contributed by atoms with Gasteiger partial charge in [0.15, 0.2) is 0 Å². The van der Waals surface area contributed by atoms with Gasteiger partial charge >= 0.3 is 0 Å². The zero-order valence-electron chi connectivity index (χ0n) is 9.32. The molecule has 1 aromatic carbocycles. The number of nitrogens with zero attached hydrogens (tertiary/aromatic N) is 1. The number of benzene rings is 1. The molecular formula is C12H7BrCl2N2O2. The average Bonchev–Trinajstić information content (AvgIpc) is 2.37. The van der Waals surface area contributed by atoms with Gasteiger partial charge in [0.25, 0.3) is 5.91 Å². The number of carbonyl (C=O) groups excluding carboxylic acids is 1. The minimum absolute atomic E-state index is 0.0798. The highest BCUT2D eigenvalue weighted by atomic mass is 79.9. The molecule has 0 spiro atoms. The maximum absolute atomic E-state index is 12.0. The Labute approximate surface area is 127 Å². The van der Waals surface area contributed by atoms with Gasteiger partial charge in [-0.25, -0.2) is 4.98 Å². The number of nitrogens with one attached hydrogen (secondary N) is 1. The Bertz CT molecular complexity index is 650. The van der Waals surface area contributed by atoms with E-state index in [2.05, 4.69) is 26.2 Å². The first-order chi connectivity index (χ1) is 8.97. The van der Waals surface area contributed by atoms with Crippen LogP contribution in [-0.4, -0.2) is 16.0 Å². The Hall–Kier alpha value is -1.30. The van der Waals surface area contributed by atoms with Crippen LogP contribution in [0.5, 0.6) is 5.75 Å². The molecule has 2 aromatic rings. The van der Waals surface area contributed by atoms with Crippen molar-refractivity contribution in [1.29, 1.82) is 0 Å². The number of amides is 1. The fraction of sp³-hybridized carbons (Fsp3) is 0. The molecule has 2 rings (SSSR count). The van der Waals surface area contributed by atoms with Gasteiger partial charge in [-0.2, -0.15) is 0 Å². The van der Waals surface area contributed by atoms with E-state index in [-0.39, 0.29) is 16.7 Å². The van der Waals surface area contributed by atoms with Crippen LogP contribution < -0.4 is 5.32 Å². The van der Waals surface area contributed by atoms with Crippen molar-refractivity contribution in [3.8, 4) is 5.75 Å². The highest BCUT2D eigenvalue weighted by Crippen LogP contribution is 2.26. The van der Waals surface area contributed by atoms with E-state index in [0.717, 1.165) is 0 Å². The lowest BCUT2D eigenvalue weighted by Crippen LogP contribution is -2.12. The first-order valence-electron chi connectivity index (χ1n) is 5.08. The third-order valence-corrected chi connectivity index (χ3v) is 3.41. The van der Waals surface area contributed by atoms with Crippen LogP contribution in [0.3, 0.4) is 0 Å². The molecule has 4 nitrogen and oxygen atoms in total. The number of hydrogen-bond donors (Lipinski definition) is 2. The van der Waals surface area contributed by atoms with Gasteiger partial charge in [-0.05, 0) is 40.2 Å². The van der Waals surface area contributed by atoms with Crippen molar-refractivity contribution in [3.63, 3.8) is 0 Å². The fourth-order valence-electron chi connectivity index (χ4n) is 1.35. The number of halogens is 3. The molecular weight excluding hydrogens is 355 g/mol. The summed E-state index contributed by atoms with van der Waals surface area (Å²) in [6.45, 7) is 0. The Morgan fingerprint density at radius 3 is 2.74 bits per heavy atom. The smallest absolute Gasteiger partial charge is 0.255 e. The Kier molecular flexibility index (Phi) is 4.29. The molecule has 0 aliphatic carbocycles. The number of hydrogen-bond acceptors (Lipinski definition) is 3. The monoisotopic (exact) mass is 360 g/mol. The van der Waals surface area contributed by atoms with E-state index in [1.807, 2.05) is 0 Å². The molecule has 19 heavy (non-hydrogen) atoms. The number of aromatic nitrogens is 1. The summed E-state index contributed by atoms with van der Waals surface area (Å²) in [6.07, 6.45) is 1.46. The molecule has 0 bridgehead atoms. The van der Waals surface area contributed by atoms with E-state index in [1.54, 1.807) is 6.07 Å². The van der Waals surface area contributed by atoms with Crippen LogP contribution >= 0.6 is 39.1 Å². The summed E-state index contributed by atoms with van der Waals surface area (Å²) in [5, 5.41) is 12.5. The highest BCUT2D eigenvalue weighted by molar-refractivity contribution is 9.10. The van der Waals surface area contributed by atoms with Crippen LogP contribution in [0.25, 0.3) is 0 Å². The molecule has 1 aromatic heterocycles. The molecule has 0 aliphatic rings. The normalized spacial score (nSPS) is 10.3. The van der Waals surface area contributed by atoms with Crippen LogP contribution in [0.4, 0.5) is 5.69 Å². The summed E-state index contributed by atoms with van der Waals surface area (Å²) in [5.41, 5.74) is 0.761. The van der Waals surface area contributed by atoms with Crippen molar-refractivity contribution in [2.75, 3.05) is 5.32 Å². The summed E-state index contributed by atoms with van der Waals surface area (Å²) in [5.74, 6) is -0.463. The van der Waals surface area contributed by atoms with E-state index < -0.39 is 0 Å². The molecule has 7 heteroatoms. The van der Waals surface area contributed by atoms with E-state index >= 15 is 0 Å². The predicted octanol–water partition coefficient (Wildman–Crippen LogP) is 4.11. The quantitative estimate of drug-likeness (QED) is 0.791. The molecule has 1 amide bonds. The van der Waals surface area contributed by atoms with Crippen LogP contribution in [0.15, 0.2) is 35.1 Å². The number of phenols is 1. The third-order valence-electron chi connectivity index (χ3n) is 2.26. The van der Waals surface area contributed by atoms with Gasteiger partial charge in [0, 0.05) is 11.8 Å². The average molecular weight is 362 g/mol. The number of rotatable bonds is 2. The molecule has 0 saturated heterocycles. The largest absolute Gasteiger partial charge is 0.506 e. The summed E-state index contributed by atoms with van der Waals surface area (Å²) in [6, 6.07) is 5.75. The molecule has 0 aliphatic heterocycles. The van der Waals surface area contributed by atoms with Crippen molar-refractivity contribution in [1.82, 2.24) is 4.98 Å². The minimum Gasteiger partial charge on any atom is -0.506 e. The van der Waals surface area contributed by atoms with Crippen LogP contribution in [-0.2, 0) is 0 Å². The second-order valence-electron chi connectivity index (χ2n) is 3.61. The van der Waals surface area contributed by atoms with Gasteiger partial charge in [0.1, 0.15) is 10.4 Å². The molecule has 2 N–H and O–H groups in total. The molecule has 0 fully saturated rings. The number of phenolic OH excluding ortho intramolecular Hbond substituents is 1. The zero-order valence-corrected chi connectivity index (χ0v) is 12.4. The van der Waals surface area contributed by atoms with Crippen molar-refractivity contribution in [3.05, 3.63) is 50.7 Å². The topological polar surface area (TPSA) is 62.2 Å². The van der Waals surface area contributed by atoms with Crippen LogP contribution in [0.2, 0.25) is 10.0 Å². The van der Waals surface area contributed by atoms with Crippen molar-refractivity contribution in [2.45, 2.75) is 0 Å². The predicted molar refractivity (Wildman–Crippen MR) is 78.0 cm³/mol. The molecule has 98 valence electrons. The van der Waals surface area contributed by atoms with E-state index in [9.17, 15) is 9.90 Å². The van der Waals surface area contributed by atoms with Gasteiger partial charge < -0.3 is 10.4 Å². The lowest BCUT2D eigenvalue weighted by atomic mass is 10.2. The van der Waals surface area contributed by atoms with Crippen molar-refractivity contribution < 1.29 is 9.90 Å². The lowest BCUT2D eigenvalue weighted by Gasteiger charge is -2.07. The zero-order chi connectivity index (χ0) is 14.0. The summed E-state index contributed by atoms with van der Waals surface area (Å²) < 4.78 is 0.468. The maximum atomic E-state index is 12.0. The van der Waals surface area contributed by atoms with Gasteiger partial charge in [-0.15, -0.1) is 0 Å². The van der Waals surface area contributed by atoms with E-state index in [1.165, 1.54) is 24.4 Å². The third kappa shape index (κ3) is 3.37. The number of aromatic hydroxyl groups is 1. The summed E-state index contributed by atoms with van der Waals surface area (Å²) in [7, 11) is 0. The molecule has 0 unspecified atom stereocenters. The fourth-order valence-corrected chi connectivity index (χ4v) is 2.01. The van der Waals surface area contributed by atoms with E-state index in [0.29, 0.717) is 20.9 Å². The Balaban J connectivity index is 2.25. The van der Waals surface area contributed by atoms with Gasteiger partial charge in [0.2, 0.25) is 0 Å². The first-order valence-corrected chi connectivity index (χ1v) is 6.63. The van der Waals surface area contributed by atoms with Crippen molar-refractivity contribution in [2.24, 2.45) is 0 Å². The number of anilines is 1. The molecule has 0 saturated carbocycles. The second-order valence-corrected chi connectivity index (χ2v) is 5.21. The second kappa shape index (κ2) is 5.77. The van der Waals surface area contributed by atoms with Crippen LogP contribution in [0, 0.1) is 0 Å². The van der Waals surface area contributed by atoms with E-state index in [4.69, 9.17) is 23.2 Å². The number of carbonyl (C=O) groups is 1. The first kappa shape index (κ1) is 14.1. The standard InChI is InChI=1S/C12H7BrCl2N2O2/c13-11-9(4-7(14)5-16-11)17-12(19)6-1-2-10(18)8(15)3-6/h1-5,18H,(H,17,19). The van der Waals surface area contributed by atoms with Gasteiger partial charge in [-0.3, -0.25) is 4.79 Å². The summed E-state index contributed by atoms with van der Waals surface area (Å²) >= 11 is 14.8. The van der Waals surface area contributed by atoms with Crippen molar-refractivity contribution >= 4 is 50.7 Å². The molecule has 1 heterocycles. The van der Waals surface area contributed by atoms with Gasteiger partial charge in [0.05, 0.1) is 15.7 Å². The van der Waals surface area contributed by atoms with Crippen LogP contribution in [0.1, 0.15) is 10.4 Å². The lowest BCUT2D eigenvalue weighted by molar-refractivity contribution is 0.102. The number of pyridine rings is 1. The minimum atomic E-state index is -0.383. The highest BCUT2D eigenvalue weighted by Gasteiger charge is 2.11. The SMILES string of the molecule is O=C(Nc1cc(Cl)cnc1Br)c1ccc(O)c(Cl)c1. The maximum Gasteiger partial charge on any atom is 0.255 e. The molecule has 0 radical (unpaired) electrons. The summed E-state index contributed by atoms with van der Waals surface area (Å²) in [4.78, 5) is 16.0. The Morgan fingerprint density at radius 1 is 1.32 bits per heavy atom.